The minimum atomic E-state index is -0.619. The van der Waals surface area contributed by atoms with Crippen LogP contribution in [0.4, 0.5) is 0 Å². The molecule has 1 unspecified atom stereocenters. The van der Waals surface area contributed by atoms with E-state index in [1.807, 2.05) is 24.3 Å². The third kappa shape index (κ3) is 2.39. The zero-order chi connectivity index (χ0) is 10.9. The maximum Gasteiger partial charge on any atom is 0.188 e. The predicted octanol–water partition coefficient (Wildman–Crippen LogP) is 3.33. The molecule has 1 fully saturated rings. The van der Waals surface area contributed by atoms with Crippen LogP contribution in [0.1, 0.15) is 17.9 Å². The molecule has 2 nitrogen and oxygen atoms in total. The highest BCUT2D eigenvalue weighted by Gasteiger charge is 2.53. The summed E-state index contributed by atoms with van der Waals surface area (Å²) in [5, 5.41) is 0. The second-order valence-electron chi connectivity index (χ2n) is 3.61. The van der Waals surface area contributed by atoms with Crippen molar-refractivity contribution in [1.82, 2.24) is 0 Å². The van der Waals surface area contributed by atoms with Gasteiger partial charge >= 0.3 is 0 Å². The first-order valence-corrected chi connectivity index (χ1v) is 5.49. The van der Waals surface area contributed by atoms with Crippen molar-refractivity contribution in [3.63, 3.8) is 0 Å². The lowest BCUT2D eigenvalue weighted by Gasteiger charge is -2.10. The van der Waals surface area contributed by atoms with Gasteiger partial charge in [0.15, 0.2) is 6.79 Å². The van der Waals surface area contributed by atoms with Crippen molar-refractivity contribution in [3.8, 4) is 5.75 Å². The largest absolute Gasteiger partial charge is 0.467 e. The fraction of sp³-hybridized carbons (Fsp3) is 0.455. The van der Waals surface area contributed by atoms with Gasteiger partial charge in [-0.15, -0.1) is 23.2 Å². The molecule has 0 saturated heterocycles. The zero-order valence-electron chi connectivity index (χ0n) is 8.37. The molecule has 15 heavy (non-hydrogen) atoms. The number of ether oxygens (including phenoxy) is 2. The number of para-hydroxylation sites is 1. The smallest absolute Gasteiger partial charge is 0.188 e. The molecule has 0 amide bonds. The van der Waals surface area contributed by atoms with Crippen LogP contribution in [0.2, 0.25) is 0 Å². The van der Waals surface area contributed by atoms with Crippen LogP contribution in [0.3, 0.4) is 0 Å². The Morgan fingerprint density at radius 1 is 1.40 bits per heavy atom. The van der Waals surface area contributed by atoms with Crippen molar-refractivity contribution >= 4 is 23.2 Å². The van der Waals surface area contributed by atoms with Gasteiger partial charge < -0.3 is 9.47 Å². The Kier molecular flexibility index (Phi) is 3.10. The number of methoxy groups -OCH3 is 1. The Morgan fingerprint density at radius 3 is 2.67 bits per heavy atom. The van der Waals surface area contributed by atoms with Crippen LogP contribution in [0, 0.1) is 0 Å². The Morgan fingerprint density at radius 2 is 2.07 bits per heavy atom. The lowest BCUT2D eigenvalue weighted by Crippen LogP contribution is -2.02. The molecule has 1 aliphatic carbocycles. The predicted molar refractivity (Wildman–Crippen MR) is 60.7 cm³/mol. The van der Waals surface area contributed by atoms with Crippen molar-refractivity contribution in [1.29, 1.82) is 0 Å². The molecule has 1 aliphatic rings. The van der Waals surface area contributed by atoms with E-state index in [2.05, 4.69) is 0 Å². The molecule has 0 aliphatic heterocycles. The van der Waals surface area contributed by atoms with Crippen LogP contribution < -0.4 is 4.74 Å². The number of alkyl halides is 2. The maximum atomic E-state index is 6.03. The summed E-state index contributed by atoms with van der Waals surface area (Å²) < 4.78 is 9.69. The summed E-state index contributed by atoms with van der Waals surface area (Å²) >= 11 is 12.1. The summed E-state index contributed by atoms with van der Waals surface area (Å²) in [6, 6.07) is 7.76. The van der Waals surface area contributed by atoms with Gasteiger partial charge in [-0.1, -0.05) is 18.2 Å². The minimum Gasteiger partial charge on any atom is -0.467 e. The average Bonchev–Trinajstić information content (AvgIpc) is 2.85. The van der Waals surface area contributed by atoms with Crippen molar-refractivity contribution < 1.29 is 9.47 Å². The van der Waals surface area contributed by atoms with Crippen LogP contribution in [0.25, 0.3) is 0 Å². The minimum absolute atomic E-state index is 0.175. The van der Waals surface area contributed by atoms with Gasteiger partial charge in [0.25, 0.3) is 0 Å². The quantitative estimate of drug-likeness (QED) is 0.600. The molecule has 1 atom stereocenters. The first kappa shape index (κ1) is 11.1. The SMILES string of the molecule is COCOc1ccccc1C1CC1(Cl)Cl. The summed E-state index contributed by atoms with van der Waals surface area (Å²) in [5.41, 5.74) is 1.06. The van der Waals surface area contributed by atoms with Gasteiger partial charge in [0.05, 0.1) is 0 Å². The van der Waals surface area contributed by atoms with Crippen LogP contribution in [0.15, 0.2) is 24.3 Å². The Balaban J connectivity index is 2.16. The van der Waals surface area contributed by atoms with E-state index in [9.17, 15) is 0 Å². The molecular weight excluding hydrogens is 235 g/mol. The van der Waals surface area contributed by atoms with E-state index < -0.39 is 4.33 Å². The first-order chi connectivity index (χ1) is 7.15. The second kappa shape index (κ2) is 4.20. The molecule has 4 heteroatoms. The Labute approximate surface area is 99.1 Å². The highest BCUT2D eigenvalue weighted by molar-refractivity contribution is 6.51. The van der Waals surface area contributed by atoms with E-state index in [-0.39, 0.29) is 12.7 Å². The summed E-state index contributed by atoms with van der Waals surface area (Å²) in [7, 11) is 1.59. The average molecular weight is 247 g/mol. The van der Waals surface area contributed by atoms with Crippen LogP contribution in [-0.2, 0) is 4.74 Å². The third-order valence-electron chi connectivity index (χ3n) is 2.45. The third-order valence-corrected chi connectivity index (χ3v) is 3.29. The van der Waals surface area contributed by atoms with E-state index in [4.69, 9.17) is 32.7 Å². The zero-order valence-corrected chi connectivity index (χ0v) is 9.89. The standard InChI is InChI=1S/C11H12Cl2O2/c1-14-7-15-10-5-3-2-4-8(10)9-6-11(9,12)13/h2-5,9H,6-7H2,1H3. The van der Waals surface area contributed by atoms with Crippen molar-refractivity contribution in [3.05, 3.63) is 29.8 Å². The number of benzene rings is 1. The van der Waals surface area contributed by atoms with Gasteiger partial charge in [-0.25, -0.2) is 0 Å². The highest BCUT2D eigenvalue weighted by atomic mass is 35.5. The van der Waals surface area contributed by atoms with Crippen molar-refractivity contribution in [2.75, 3.05) is 13.9 Å². The normalized spacial score (nSPS) is 22.5. The molecular formula is C11H12Cl2O2. The van der Waals surface area contributed by atoms with Crippen LogP contribution in [0.5, 0.6) is 5.75 Å². The molecule has 0 heterocycles. The Hall–Kier alpha value is -0.440. The van der Waals surface area contributed by atoms with E-state index in [0.29, 0.717) is 0 Å². The summed E-state index contributed by atoms with van der Waals surface area (Å²) in [4.78, 5) is 0. The molecule has 0 aromatic heterocycles. The molecule has 82 valence electrons. The van der Waals surface area contributed by atoms with Gasteiger partial charge in [-0.3, -0.25) is 0 Å². The molecule has 0 spiro atoms. The number of hydrogen-bond acceptors (Lipinski definition) is 2. The lowest BCUT2D eigenvalue weighted by molar-refractivity contribution is 0.0504. The molecule has 1 saturated carbocycles. The van der Waals surface area contributed by atoms with Crippen molar-refractivity contribution in [2.45, 2.75) is 16.7 Å². The molecule has 1 aromatic carbocycles. The van der Waals surface area contributed by atoms with Gasteiger partial charge in [0.1, 0.15) is 10.1 Å². The topological polar surface area (TPSA) is 18.5 Å². The van der Waals surface area contributed by atoms with E-state index in [1.54, 1.807) is 7.11 Å². The summed E-state index contributed by atoms with van der Waals surface area (Å²) in [6.45, 7) is 0.237. The number of hydrogen-bond donors (Lipinski definition) is 0. The monoisotopic (exact) mass is 246 g/mol. The molecule has 0 radical (unpaired) electrons. The number of rotatable bonds is 4. The van der Waals surface area contributed by atoms with E-state index in [1.165, 1.54) is 0 Å². The maximum absolute atomic E-state index is 6.03. The highest BCUT2D eigenvalue weighted by Crippen LogP contribution is 2.61. The summed E-state index contributed by atoms with van der Waals surface area (Å²) in [5.74, 6) is 0.974. The van der Waals surface area contributed by atoms with Gasteiger partial charge in [-0.2, -0.15) is 0 Å². The molecule has 0 N–H and O–H groups in total. The van der Waals surface area contributed by atoms with Gasteiger partial charge in [-0.05, 0) is 12.5 Å². The number of halogens is 2. The second-order valence-corrected chi connectivity index (χ2v) is 5.15. The van der Waals surface area contributed by atoms with Gasteiger partial charge in [0, 0.05) is 18.6 Å². The fourth-order valence-electron chi connectivity index (χ4n) is 1.57. The van der Waals surface area contributed by atoms with Crippen LogP contribution >= 0.6 is 23.2 Å². The van der Waals surface area contributed by atoms with Crippen molar-refractivity contribution in [2.24, 2.45) is 0 Å². The Bertz CT molecular complexity index is 352. The van der Waals surface area contributed by atoms with Gasteiger partial charge in [0.2, 0.25) is 0 Å². The van der Waals surface area contributed by atoms with E-state index in [0.717, 1.165) is 17.7 Å². The fourth-order valence-corrected chi connectivity index (χ4v) is 2.12. The molecule has 1 aromatic rings. The lowest BCUT2D eigenvalue weighted by atomic mass is 10.1. The molecule has 0 bridgehead atoms. The van der Waals surface area contributed by atoms with Crippen LogP contribution in [-0.4, -0.2) is 18.2 Å². The molecule has 2 rings (SSSR count). The van der Waals surface area contributed by atoms with E-state index >= 15 is 0 Å². The first-order valence-electron chi connectivity index (χ1n) is 4.73. The summed E-state index contributed by atoms with van der Waals surface area (Å²) in [6.07, 6.45) is 0.781.